The summed E-state index contributed by atoms with van der Waals surface area (Å²) in [5, 5.41) is 4.72. The quantitative estimate of drug-likeness (QED) is 0.536. The lowest BCUT2D eigenvalue weighted by molar-refractivity contribution is 0.103. The van der Waals surface area contributed by atoms with Gasteiger partial charge in [-0.3, -0.25) is 9.79 Å². The van der Waals surface area contributed by atoms with Crippen molar-refractivity contribution in [2.75, 3.05) is 11.1 Å². The molecule has 0 saturated heterocycles. The van der Waals surface area contributed by atoms with Crippen molar-refractivity contribution in [1.82, 2.24) is 0 Å². The lowest BCUT2D eigenvalue weighted by Crippen LogP contribution is -2.29. The Kier molecular flexibility index (Phi) is 5.01. The van der Waals surface area contributed by atoms with Crippen LogP contribution in [0.2, 0.25) is 0 Å². The van der Waals surface area contributed by atoms with Crippen molar-refractivity contribution in [2.45, 2.75) is 18.9 Å². The molecule has 1 aromatic heterocycles. The number of fused-ring (bicyclic) bond motifs is 1. The molecule has 0 saturated carbocycles. The van der Waals surface area contributed by atoms with E-state index in [-0.39, 0.29) is 11.4 Å². The summed E-state index contributed by atoms with van der Waals surface area (Å²) in [6, 6.07) is 15.9. The van der Waals surface area contributed by atoms with E-state index in [1.807, 2.05) is 48.5 Å². The number of nitrogens with zero attached hydrogens (tertiary/aromatic N) is 1. The molecule has 0 radical (unpaired) electrons. The predicted molar refractivity (Wildman–Crippen MR) is 120 cm³/mol. The van der Waals surface area contributed by atoms with E-state index >= 15 is 0 Å². The second kappa shape index (κ2) is 7.30. The van der Waals surface area contributed by atoms with Gasteiger partial charge in [0.05, 0.1) is 10.4 Å². The maximum Gasteiger partial charge on any atom is 0.265 e. The van der Waals surface area contributed by atoms with Crippen LogP contribution in [-0.4, -0.2) is 16.8 Å². The van der Waals surface area contributed by atoms with Gasteiger partial charge >= 0.3 is 0 Å². The number of carbonyl (C=O) groups is 1. The van der Waals surface area contributed by atoms with Crippen LogP contribution in [0.1, 0.15) is 28.6 Å². The van der Waals surface area contributed by atoms with Crippen LogP contribution >= 0.6 is 39.0 Å². The molecule has 1 unspecified atom stereocenters. The van der Waals surface area contributed by atoms with Gasteiger partial charge in [0.15, 0.2) is 5.17 Å². The Bertz CT molecular complexity index is 1030. The topological polar surface area (TPSA) is 67.5 Å². The van der Waals surface area contributed by atoms with Crippen molar-refractivity contribution < 1.29 is 4.79 Å². The molecular weight excluding hydrogens is 442 g/mol. The minimum Gasteiger partial charge on any atom is -0.379 e. The zero-order valence-electron chi connectivity index (χ0n) is 14.7. The van der Waals surface area contributed by atoms with Gasteiger partial charge in [-0.05, 0) is 54.6 Å². The molecule has 0 fully saturated rings. The van der Waals surface area contributed by atoms with Crippen molar-refractivity contribution in [2.24, 2.45) is 10.7 Å². The second-order valence-electron chi connectivity index (χ2n) is 6.65. The Morgan fingerprint density at radius 3 is 2.85 bits per heavy atom. The van der Waals surface area contributed by atoms with E-state index in [2.05, 4.69) is 33.2 Å². The Morgan fingerprint density at radius 1 is 1.26 bits per heavy atom. The molecule has 1 amide bonds. The minimum atomic E-state index is -0.379. The predicted octanol–water partition coefficient (Wildman–Crippen LogP) is 5.58. The van der Waals surface area contributed by atoms with Crippen molar-refractivity contribution in [3.8, 4) is 0 Å². The third kappa shape index (κ3) is 3.90. The summed E-state index contributed by atoms with van der Waals surface area (Å²) < 4.78 is 2.01. The number of amidine groups is 1. The molecular formula is C20H18BrN3OS2. The first kappa shape index (κ1) is 18.5. The molecule has 3 N–H and O–H groups in total. The van der Waals surface area contributed by atoms with E-state index in [1.165, 1.54) is 11.3 Å². The first-order valence-electron chi connectivity index (χ1n) is 8.52. The van der Waals surface area contributed by atoms with Gasteiger partial charge < -0.3 is 11.1 Å². The van der Waals surface area contributed by atoms with Crippen LogP contribution in [0.25, 0.3) is 10.1 Å². The summed E-state index contributed by atoms with van der Waals surface area (Å²) in [7, 11) is 0. The summed E-state index contributed by atoms with van der Waals surface area (Å²) in [6.45, 7) is 2.08. The number of halogens is 1. The Morgan fingerprint density at radius 2 is 2.07 bits per heavy atom. The van der Waals surface area contributed by atoms with Gasteiger partial charge in [0.1, 0.15) is 0 Å². The molecule has 0 spiro atoms. The number of hydrogen-bond donors (Lipinski definition) is 2. The average molecular weight is 460 g/mol. The number of rotatable bonds is 3. The number of thioether (sulfide) groups is 1. The van der Waals surface area contributed by atoms with Gasteiger partial charge in [0.25, 0.3) is 5.91 Å². The molecule has 2 aromatic carbocycles. The third-order valence-electron chi connectivity index (χ3n) is 4.62. The van der Waals surface area contributed by atoms with Gasteiger partial charge in [-0.15, -0.1) is 11.3 Å². The van der Waals surface area contributed by atoms with Gasteiger partial charge in [0, 0.05) is 20.6 Å². The van der Waals surface area contributed by atoms with Crippen molar-refractivity contribution in [3.05, 3.63) is 63.4 Å². The van der Waals surface area contributed by atoms with E-state index in [0.29, 0.717) is 10.0 Å². The first-order valence-corrected chi connectivity index (χ1v) is 11.1. The fourth-order valence-electron chi connectivity index (χ4n) is 3.15. The van der Waals surface area contributed by atoms with E-state index < -0.39 is 0 Å². The Hall–Kier alpha value is -1.83. The number of thiophene rings is 1. The monoisotopic (exact) mass is 459 g/mol. The molecule has 4 nitrogen and oxygen atoms in total. The molecule has 0 bridgehead atoms. The SMILES string of the molecule is CC1(c2cc(Br)cc(NC(=O)c3cc4ccccc4s3)c2)CCSC(N)=N1. The molecule has 0 aliphatic carbocycles. The highest BCUT2D eigenvalue weighted by Gasteiger charge is 2.30. The Balaban J connectivity index is 1.63. The van der Waals surface area contributed by atoms with Crippen molar-refractivity contribution in [3.63, 3.8) is 0 Å². The zero-order chi connectivity index (χ0) is 19.0. The second-order valence-corrected chi connectivity index (χ2v) is 9.77. The summed E-state index contributed by atoms with van der Waals surface area (Å²) in [5.41, 5.74) is 7.35. The lowest BCUT2D eigenvalue weighted by Gasteiger charge is -2.30. The number of nitrogens with two attached hydrogens (primary N) is 1. The molecule has 4 rings (SSSR count). The summed E-state index contributed by atoms with van der Waals surface area (Å²) in [5.74, 6) is 0.828. The zero-order valence-corrected chi connectivity index (χ0v) is 17.9. The maximum atomic E-state index is 12.7. The minimum absolute atomic E-state index is 0.104. The lowest BCUT2D eigenvalue weighted by atomic mass is 9.89. The Labute approximate surface area is 174 Å². The number of amides is 1. The van der Waals surface area contributed by atoms with Gasteiger partial charge in [-0.2, -0.15) is 0 Å². The number of benzene rings is 2. The van der Waals surface area contributed by atoms with Crippen LogP contribution in [0.3, 0.4) is 0 Å². The average Bonchev–Trinajstić information content (AvgIpc) is 3.05. The number of nitrogens with one attached hydrogen (secondary N) is 1. The standard InChI is InChI=1S/C20H18BrN3OS2/c1-20(6-7-26-19(22)24-20)13-9-14(21)11-15(10-13)23-18(25)17-8-12-4-2-3-5-16(12)27-17/h2-5,8-11H,6-7H2,1H3,(H2,22,24)(H,23,25). The van der Waals surface area contributed by atoms with Crippen LogP contribution in [0.4, 0.5) is 5.69 Å². The molecule has 7 heteroatoms. The van der Waals surface area contributed by atoms with E-state index in [4.69, 9.17) is 5.73 Å². The number of hydrogen-bond acceptors (Lipinski definition) is 5. The fraction of sp³-hybridized carbons (Fsp3) is 0.200. The highest BCUT2D eigenvalue weighted by molar-refractivity contribution is 9.10. The van der Waals surface area contributed by atoms with Crippen LogP contribution in [0.5, 0.6) is 0 Å². The maximum absolute atomic E-state index is 12.7. The molecule has 2 heterocycles. The summed E-state index contributed by atoms with van der Waals surface area (Å²) >= 11 is 6.64. The van der Waals surface area contributed by atoms with Crippen molar-refractivity contribution >= 4 is 65.9 Å². The molecule has 1 aliphatic rings. The van der Waals surface area contributed by atoms with Gasteiger partial charge in [-0.1, -0.05) is 45.9 Å². The summed E-state index contributed by atoms with van der Waals surface area (Å²) in [4.78, 5) is 18.1. The third-order valence-corrected chi connectivity index (χ3v) is 6.99. The molecule has 3 aromatic rings. The molecule has 1 aliphatic heterocycles. The molecule has 138 valence electrons. The fourth-order valence-corrected chi connectivity index (χ4v) is 5.58. The molecule has 27 heavy (non-hydrogen) atoms. The summed E-state index contributed by atoms with van der Waals surface area (Å²) in [6.07, 6.45) is 0.901. The van der Waals surface area contributed by atoms with Crippen LogP contribution < -0.4 is 11.1 Å². The highest BCUT2D eigenvalue weighted by Crippen LogP contribution is 2.37. The van der Waals surface area contributed by atoms with Gasteiger partial charge in [-0.25, -0.2) is 0 Å². The smallest absolute Gasteiger partial charge is 0.265 e. The van der Waals surface area contributed by atoms with E-state index in [0.717, 1.165) is 38.0 Å². The normalized spacial score (nSPS) is 19.7. The van der Waals surface area contributed by atoms with Crippen LogP contribution in [0, 0.1) is 0 Å². The molecule has 1 atom stereocenters. The number of aliphatic imine (C=N–C) groups is 1. The van der Waals surface area contributed by atoms with Crippen molar-refractivity contribution in [1.29, 1.82) is 0 Å². The van der Waals surface area contributed by atoms with E-state index in [9.17, 15) is 4.79 Å². The highest BCUT2D eigenvalue weighted by atomic mass is 79.9. The van der Waals surface area contributed by atoms with Crippen LogP contribution in [-0.2, 0) is 5.54 Å². The van der Waals surface area contributed by atoms with E-state index in [1.54, 1.807) is 11.8 Å². The number of carbonyl (C=O) groups excluding carboxylic acids is 1. The largest absolute Gasteiger partial charge is 0.379 e. The van der Waals surface area contributed by atoms with Gasteiger partial charge in [0.2, 0.25) is 0 Å². The number of anilines is 1. The van der Waals surface area contributed by atoms with Crippen LogP contribution in [0.15, 0.2) is 58.0 Å². The first-order chi connectivity index (χ1) is 12.9.